The number of amides is 1. The minimum atomic E-state index is -0.792. The molecule has 2 aliphatic carbocycles. The number of benzene rings is 1. The zero-order chi connectivity index (χ0) is 21.1. The number of rotatable bonds is 9. The molecule has 0 spiro atoms. The summed E-state index contributed by atoms with van der Waals surface area (Å²) in [6.45, 7) is 7.56. The lowest BCUT2D eigenvalue weighted by atomic mass is 9.68. The van der Waals surface area contributed by atoms with Crippen molar-refractivity contribution in [3.05, 3.63) is 35.9 Å². The quantitative estimate of drug-likeness (QED) is 0.610. The summed E-state index contributed by atoms with van der Waals surface area (Å²) in [4.78, 5) is 25.8. The maximum absolute atomic E-state index is 13.1. The van der Waals surface area contributed by atoms with Gasteiger partial charge in [-0.15, -0.1) is 0 Å². The summed E-state index contributed by atoms with van der Waals surface area (Å²) in [5.41, 5.74) is 0.756. The number of carboxylic acids is 1. The van der Waals surface area contributed by atoms with Crippen molar-refractivity contribution in [1.29, 1.82) is 0 Å². The van der Waals surface area contributed by atoms with Crippen LogP contribution in [0, 0.1) is 5.41 Å². The van der Waals surface area contributed by atoms with Gasteiger partial charge in [0, 0.05) is 37.0 Å². The van der Waals surface area contributed by atoms with E-state index in [0.29, 0.717) is 19.0 Å². The lowest BCUT2D eigenvalue weighted by Crippen LogP contribution is -2.52. The molecular formula is C23H34N2O4. The van der Waals surface area contributed by atoms with Crippen molar-refractivity contribution in [2.75, 3.05) is 19.6 Å². The maximum Gasteiger partial charge on any atom is 0.410 e. The number of carbonyl (C=O) groups excluding carboxylic acids is 1. The molecule has 0 bridgehead atoms. The van der Waals surface area contributed by atoms with Gasteiger partial charge in [-0.1, -0.05) is 36.8 Å². The molecule has 2 aliphatic rings. The molecule has 0 radical (unpaired) electrons. The van der Waals surface area contributed by atoms with E-state index in [1.54, 1.807) is 0 Å². The molecule has 3 rings (SSSR count). The molecule has 0 aliphatic heterocycles. The van der Waals surface area contributed by atoms with E-state index in [1.807, 2.05) is 43.9 Å². The zero-order valence-corrected chi connectivity index (χ0v) is 17.8. The molecule has 0 saturated heterocycles. The van der Waals surface area contributed by atoms with Gasteiger partial charge in [0.05, 0.1) is 6.42 Å². The van der Waals surface area contributed by atoms with E-state index in [-0.39, 0.29) is 24.0 Å². The van der Waals surface area contributed by atoms with Crippen LogP contribution in [0.25, 0.3) is 0 Å². The summed E-state index contributed by atoms with van der Waals surface area (Å²) < 4.78 is 5.75. The second-order valence-corrected chi connectivity index (χ2v) is 9.60. The lowest BCUT2D eigenvalue weighted by molar-refractivity contribution is -0.136. The first-order valence-electron chi connectivity index (χ1n) is 10.7. The number of hydrogen-bond acceptors (Lipinski definition) is 4. The summed E-state index contributed by atoms with van der Waals surface area (Å²) >= 11 is 0. The number of nitrogens with one attached hydrogen (secondary N) is 1. The molecule has 1 unspecified atom stereocenters. The van der Waals surface area contributed by atoms with Gasteiger partial charge < -0.3 is 20.1 Å². The van der Waals surface area contributed by atoms with Gasteiger partial charge in [0.1, 0.15) is 5.60 Å². The predicted molar refractivity (Wildman–Crippen MR) is 112 cm³/mol. The van der Waals surface area contributed by atoms with Gasteiger partial charge in [0.25, 0.3) is 0 Å². The van der Waals surface area contributed by atoms with Crippen LogP contribution in [0.3, 0.4) is 0 Å². The van der Waals surface area contributed by atoms with Crippen LogP contribution < -0.4 is 5.32 Å². The average molecular weight is 403 g/mol. The molecule has 2 N–H and O–H groups in total. The minimum Gasteiger partial charge on any atom is -0.481 e. The number of carbonyl (C=O) groups is 2. The third-order valence-corrected chi connectivity index (χ3v) is 5.95. The van der Waals surface area contributed by atoms with E-state index >= 15 is 0 Å². The van der Waals surface area contributed by atoms with E-state index < -0.39 is 11.6 Å². The van der Waals surface area contributed by atoms with E-state index in [1.165, 1.54) is 5.56 Å². The smallest absolute Gasteiger partial charge is 0.410 e. The molecule has 6 heteroatoms. The first-order chi connectivity index (χ1) is 13.7. The van der Waals surface area contributed by atoms with Gasteiger partial charge in [0.2, 0.25) is 0 Å². The Balaban J connectivity index is 1.68. The van der Waals surface area contributed by atoms with Crippen LogP contribution in [0.1, 0.15) is 64.4 Å². The Morgan fingerprint density at radius 1 is 1.24 bits per heavy atom. The van der Waals surface area contributed by atoms with Crippen LogP contribution in [0.15, 0.2) is 30.3 Å². The first-order valence-corrected chi connectivity index (χ1v) is 10.7. The van der Waals surface area contributed by atoms with Crippen LogP contribution in [0.2, 0.25) is 0 Å². The molecule has 0 aromatic heterocycles. The maximum atomic E-state index is 13.1. The average Bonchev–Trinajstić information content (AvgIpc) is 3.39. The lowest BCUT2D eigenvalue weighted by Gasteiger charge is -2.45. The number of ether oxygens (including phenoxy) is 1. The topological polar surface area (TPSA) is 78.9 Å². The van der Waals surface area contributed by atoms with Crippen molar-refractivity contribution in [3.8, 4) is 0 Å². The van der Waals surface area contributed by atoms with Crippen LogP contribution in [-0.2, 0) is 9.53 Å². The van der Waals surface area contributed by atoms with Crippen molar-refractivity contribution in [2.45, 2.75) is 70.4 Å². The molecule has 1 aromatic rings. The van der Waals surface area contributed by atoms with Gasteiger partial charge in [-0.05, 0) is 45.6 Å². The Labute approximate surface area is 173 Å². The Kier molecular flexibility index (Phi) is 6.52. The molecule has 2 fully saturated rings. The van der Waals surface area contributed by atoms with Crippen molar-refractivity contribution in [1.82, 2.24) is 10.2 Å². The second kappa shape index (κ2) is 8.74. The standard InChI is InChI=1S/C23H34N2O4/c1-22(2,3)29-21(28)25(19-14-18(19)17-8-5-4-6-9-17)16-23(11-7-12-23)15-24-13-10-20(26)27/h4-6,8-9,18-19,24H,7,10-16H2,1-3H3,(H,26,27)/t18?,19-/m0/s1. The zero-order valence-electron chi connectivity index (χ0n) is 17.8. The summed E-state index contributed by atoms with van der Waals surface area (Å²) in [5, 5.41) is 12.1. The van der Waals surface area contributed by atoms with Crippen LogP contribution in [0.4, 0.5) is 4.79 Å². The number of carboxylic acid groups (broad SMARTS) is 1. The molecular weight excluding hydrogens is 368 g/mol. The summed E-state index contributed by atoms with van der Waals surface area (Å²) in [5.74, 6) is -0.431. The Morgan fingerprint density at radius 3 is 2.48 bits per heavy atom. The monoisotopic (exact) mass is 402 g/mol. The highest BCUT2D eigenvalue weighted by Crippen LogP contribution is 2.48. The number of aliphatic carboxylic acids is 1. The van der Waals surface area contributed by atoms with Crippen molar-refractivity contribution in [2.24, 2.45) is 5.41 Å². The van der Waals surface area contributed by atoms with E-state index in [2.05, 4.69) is 17.4 Å². The van der Waals surface area contributed by atoms with Gasteiger partial charge >= 0.3 is 12.1 Å². The van der Waals surface area contributed by atoms with E-state index in [9.17, 15) is 9.59 Å². The SMILES string of the molecule is CC(C)(C)OC(=O)N(CC1(CNCCC(=O)O)CCC1)[C@H]1CC1c1ccccc1. The normalized spacial score (nSPS) is 22.4. The fourth-order valence-electron chi connectivity index (χ4n) is 4.20. The van der Waals surface area contributed by atoms with Crippen molar-refractivity contribution < 1.29 is 19.4 Å². The fraction of sp³-hybridized carbons (Fsp3) is 0.652. The van der Waals surface area contributed by atoms with Crippen LogP contribution in [-0.4, -0.2) is 53.3 Å². The van der Waals surface area contributed by atoms with E-state index in [0.717, 1.165) is 32.2 Å². The Morgan fingerprint density at radius 2 is 1.93 bits per heavy atom. The molecule has 1 aromatic carbocycles. The molecule has 2 saturated carbocycles. The number of nitrogens with zero attached hydrogens (tertiary/aromatic N) is 1. The van der Waals surface area contributed by atoms with Crippen molar-refractivity contribution in [3.63, 3.8) is 0 Å². The highest BCUT2D eigenvalue weighted by Gasteiger charge is 2.49. The molecule has 160 valence electrons. The largest absolute Gasteiger partial charge is 0.481 e. The highest BCUT2D eigenvalue weighted by molar-refractivity contribution is 5.69. The van der Waals surface area contributed by atoms with Crippen molar-refractivity contribution >= 4 is 12.1 Å². The third kappa shape index (κ3) is 5.95. The van der Waals surface area contributed by atoms with Gasteiger partial charge in [0.15, 0.2) is 0 Å². The molecule has 2 atom stereocenters. The highest BCUT2D eigenvalue weighted by atomic mass is 16.6. The first kappa shape index (κ1) is 21.6. The van der Waals surface area contributed by atoms with Crippen LogP contribution in [0.5, 0.6) is 0 Å². The summed E-state index contributed by atoms with van der Waals surface area (Å²) in [6, 6.07) is 10.5. The molecule has 29 heavy (non-hydrogen) atoms. The number of hydrogen-bond donors (Lipinski definition) is 2. The van der Waals surface area contributed by atoms with Gasteiger partial charge in [-0.3, -0.25) is 4.79 Å². The summed E-state index contributed by atoms with van der Waals surface area (Å²) in [6.07, 6.45) is 4.09. The second-order valence-electron chi connectivity index (χ2n) is 9.60. The molecule has 1 amide bonds. The molecule has 0 heterocycles. The fourth-order valence-corrected chi connectivity index (χ4v) is 4.20. The Bertz CT molecular complexity index is 709. The van der Waals surface area contributed by atoms with E-state index in [4.69, 9.17) is 9.84 Å². The van der Waals surface area contributed by atoms with Crippen LogP contribution >= 0.6 is 0 Å². The van der Waals surface area contributed by atoms with Gasteiger partial charge in [-0.2, -0.15) is 0 Å². The third-order valence-electron chi connectivity index (χ3n) is 5.95. The summed E-state index contributed by atoms with van der Waals surface area (Å²) in [7, 11) is 0. The minimum absolute atomic E-state index is 0.0131. The predicted octanol–water partition coefficient (Wildman–Crippen LogP) is 4.01. The van der Waals surface area contributed by atoms with Gasteiger partial charge in [-0.25, -0.2) is 4.79 Å². The Hall–Kier alpha value is -2.08. The molecule has 6 nitrogen and oxygen atoms in total.